The van der Waals surface area contributed by atoms with E-state index in [1.807, 2.05) is 10.9 Å². The molecule has 0 amide bonds. The number of hydrogen-bond acceptors (Lipinski definition) is 9. The fourth-order valence-electron chi connectivity index (χ4n) is 4.41. The van der Waals surface area contributed by atoms with E-state index in [2.05, 4.69) is 48.1 Å². The van der Waals surface area contributed by atoms with E-state index >= 15 is 0 Å². The zero-order chi connectivity index (χ0) is 24.3. The summed E-state index contributed by atoms with van der Waals surface area (Å²) in [6.07, 6.45) is 8.31. The first-order valence-corrected chi connectivity index (χ1v) is 12.2. The number of aromatic nitrogens is 6. The molecule has 5 heterocycles. The third-order valence-corrected chi connectivity index (χ3v) is 6.62. The molecule has 10 heteroatoms. The van der Waals surface area contributed by atoms with Gasteiger partial charge in [-0.05, 0) is 45.6 Å². The number of nitrogens with one attached hydrogen (secondary N) is 1. The molecule has 0 atom stereocenters. The van der Waals surface area contributed by atoms with Crippen molar-refractivity contribution < 1.29 is 9.26 Å². The van der Waals surface area contributed by atoms with Crippen molar-refractivity contribution >= 4 is 16.7 Å². The lowest BCUT2D eigenvalue weighted by molar-refractivity contribution is 0.141. The molecule has 4 aromatic rings. The van der Waals surface area contributed by atoms with Gasteiger partial charge in [0.15, 0.2) is 23.0 Å². The van der Waals surface area contributed by atoms with Crippen LogP contribution in [0.4, 0.5) is 5.69 Å². The fourth-order valence-corrected chi connectivity index (χ4v) is 4.41. The van der Waals surface area contributed by atoms with E-state index in [0.717, 1.165) is 60.3 Å². The minimum atomic E-state index is -0.307. The van der Waals surface area contributed by atoms with Crippen molar-refractivity contribution in [3.05, 3.63) is 29.9 Å². The average molecular weight is 475 g/mol. The van der Waals surface area contributed by atoms with Gasteiger partial charge in [-0.15, -0.1) is 0 Å². The Morgan fingerprint density at radius 3 is 2.46 bits per heavy atom. The normalized spacial score (nSPS) is 16.6. The van der Waals surface area contributed by atoms with Crippen LogP contribution in [0.1, 0.15) is 57.8 Å². The molecule has 6 rings (SSSR count). The Bertz CT molecular complexity index is 1390. The largest absolute Gasteiger partial charge is 0.485 e. The Morgan fingerprint density at radius 1 is 1.11 bits per heavy atom. The molecular weight excluding hydrogens is 444 g/mol. The monoisotopic (exact) mass is 474 g/mol. The lowest BCUT2D eigenvalue weighted by Crippen LogP contribution is -2.50. The van der Waals surface area contributed by atoms with Crippen molar-refractivity contribution in [2.45, 2.75) is 64.5 Å². The van der Waals surface area contributed by atoms with Gasteiger partial charge in [0.25, 0.3) is 0 Å². The van der Waals surface area contributed by atoms with Gasteiger partial charge in [-0.3, -0.25) is 0 Å². The van der Waals surface area contributed by atoms with E-state index < -0.39 is 0 Å². The van der Waals surface area contributed by atoms with Crippen molar-refractivity contribution in [2.24, 2.45) is 0 Å². The Morgan fingerprint density at radius 2 is 1.86 bits per heavy atom. The number of hydrogen-bond donors (Lipinski definition) is 2. The lowest BCUT2D eigenvalue weighted by Gasteiger charge is -2.27. The highest BCUT2D eigenvalue weighted by Crippen LogP contribution is 2.48. The third-order valence-electron chi connectivity index (χ3n) is 6.62. The van der Waals surface area contributed by atoms with Gasteiger partial charge in [0.1, 0.15) is 17.5 Å². The van der Waals surface area contributed by atoms with E-state index in [9.17, 15) is 0 Å². The van der Waals surface area contributed by atoms with E-state index in [0.29, 0.717) is 34.6 Å². The highest BCUT2D eigenvalue weighted by Gasteiger charge is 2.36. The SMILES string of the molecule is CCc1cnc2c(c(-c3noc(C4CC4)c3-c3ncc(OC4CNC4)cn3)nn2C(C)(C)C)c1N. The van der Waals surface area contributed by atoms with Crippen molar-refractivity contribution in [3.63, 3.8) is 0 Å². The van der Waals surface area contributed by atoms with Crippen molar-refractivity contribution in [1.29, 1.82) is 0 Å². The summed E-state index contributed by atoms with van der Waals surface area (Å²) in [5.74, 6) is 2.30. The summed E-state index contributed by atoms with van der Waals surface area (Å²) in [6.45, 7) is 10.0. The molecule has 0 bridgehead atoms. The maximum absolute atomic E-state index is 6.67. The van der Waals surface area contributed by atoms with Gasteiger partial charge in [0.2, 0.25) is 0 Å². The summed E-state index contributed by atoms with van der Waals surface area (Å²) in [7, 11) is 0. The maximum Gasteiger partial charge on any atom is 0.165 e. The van der Waals surface area contributed by atoms with Gasteiger partial charge in [-0.2, -0.15) is 5.10 Å². The highest BCUT2D eigenvalue weighted by atomic mass is 16.5. The highest BCUT2D eigenvalue weighted by molar-refractivity contribution is 6.02. The van der Waals surface area contributed by atoms with E-state index in [4.69, 9.17) is 25.1 Å². The number of pyridine rings is 1. The second-order valence-corrected chi connectivity index (χ2v) is 10.4. The zero-order valence-corrected chi connectivity index (χ0v) is 20.5. The Balaban J connectivity index is 1.53. The molecule has 2 aliphatic rings. The van der Waals surface area contributed by atoms with Crippen LogP contribution in [-0.2, 0) is 12.0 Å². The summed E-state index contributed by atoms with van der Waals surface area (Å²) < 4.78 is 13.7. The van der Waals surface area contributed by atoms with Crippen LogP contribution in [-0.4, -0.2) is 49.1 Å². The van der Waals surface area contributed by atoms with Crippen LogP contribution in [0.15, 0.2) is 23.1 Å². The van der Waals surface area contributed by atoms with Gasteiger partial charge in [0.05, 0.1) is 28.9 Å². The molecule has 1 saturated carbocycles. The molecule has 3 N–H and O–H groups in total. The van der Waals surface area contributed by atoms with E-state index in [-0.39, 0.29) is 11.6 Å². The van der Waals surface area contributed by atoms with E-state index in [1.54, 1.807) is 12.4 Å². The van der Waals surface area contributed by atoms with Crippen LogP contribution >= 0.6 is 0 Å². The molecule has 182 valence electrons. The molecule has 2 fully saturated rings. The molecule has 0 unspecified atom stereocenters. The topological polar surface area (TPSA) is 130 Å². The maximum atomic E-state index is 6.67. The lowest BCUT2D eigenvalue weighted by atomic mass is 10.0. The number of rotatable bonds is 6. The first-order valence-electron chi connectivity index (χ1n) is 12.2. The first kappa shape index (κ1) is 22.0. The smallest absolute Gasteiger partial charge is 0.165 e. The molecule has 0 aromatic carbocycles. The minimum Gasteiger partial charge on any atom is -0.485 e. The number of fused-ring (bicyclic) bond motifs is 1. The van der Waals surface area contributed by atoms with Crippen LogP contribution in [0.3, 0.4) is 0 Å². The second-order valence-electron chi connectivity index (χ2n) is 10.4. The predicted molar refractivity (Wildman–Crippen MR) is 132 cm³/mol. The molecule has 4 aromatic heterocycles. The van der Waals surface area contributed by atoms with Crippen molar-refractivity contribution in [2.75, 3.05) is 18.8 Å². The Kier molecular flexibility index (Phi) is 5.03. The van der Waals surface area contributed by atoms with Gasteiger partial charge in [-0.1, -0.05) is 12.1 Å². The van der Waals surface area contributed by atoms with E-state index in [1.165, 1.54) is 0 Å². The summed E-state index contributed by atoms with van der Waals surface area (Å²) in [5.41, 5.74) is 10.7. The summed E-state index contributed by atoms with van der Waals surface area (Å²) >= 11 is 0. The fraction of sp³-hybridized carbons (Fsp3) is 0.480. The number of anilines is 1. The van der Waals surface area contributed by atoms with Gasteiger partial charge < -0.3 is 20.3 Å². The van der Waals surface area contributed by atoms with Crippen molar-refractivity contribution in [1.82, 2.24) is 35.2 Å². The Labute approximate surface area is 203 Å². The number of nitrogens with two attached hydrogens (primary N) is 1. The summed E-state index contributed by atoms with van der Waals surface area (Å²) in [5, 5.41) is 13.5. The van der Waals surface area contributed by atoms with Gasteiger partial charge in [0, 0.05) is 30.9 Å². The van der Waals surface area contributed by atoms with Crippen LogP contribution in [0.5, 0.6) is 5.75 Å². The molecular formula is C25H30N8O2. The minimum absolute atomic E-state index is 0.161. The van der Waals surface area contributed by atoms with Gasteiger partial charge >= 0.3 is 0 Å². The Hall–Kier alpha value is -3.53. The van der Waals surface area contributed by atoms with Crippen LogP contribution in [0, 0.1) is 0 Å². The summed E-state index contributed by atoms with van der Waals surface area (Å²) in [4.78, 5) is 14.0. The summed E-state index contributed by atoms with van der Waals surface area (Å²) in [6, 6.07) is 0. The second kappa shape index (κ2) is 8.01. The molecule has 1 aliphatic heterocycles. The number of aryl methyl sites for hydroxylation is 1. The zero-order valence-electron chi connectivity index (χ0n) is 20.5. The van der Waals surface area contributed by atoms with Crippen LogP contribution < -0.4 is 15.8 Å². The molecule has 35 heavy (non-hydrogen) atoms. The van der Waals surface area contributed by atoms with Crippen LogP contribution in [0.2, 0.25) is 0 Å². The standard InChI is InChI=1S/C25H30N8O2/c1-5-13-8-30-24-17(19(13)26)20(31-33(24)25(2,3)4)21-18(22(35-32-21)14-6-7-14)23-28-11-16(12-29-23)34-15-9-27-10-15/h8,11-12,14-15,27H,5-7,9-10H2,1-4H3,(H2,26,30). The number of ether oxygens (including phenoxy) is 1. The number of nitrogen functional groups attached to an aromatic ring is 1. The molecule has 0 radical (unpaired) electrons. The predicted octanol–water partition coefficient (Wildman–Crippen LogP) is 3.67. The molecule has 1 aliphatic carbocycles. The molecule has 10 nitrogen and oxygen atoms in total. The quantitative estimate of drug-likeness (QED) is 0.430. The van der Waals surface area contributed by atoms with Crippen LogP contribution in [0.25, 0.3) is 33.8 Å². The van der Waals surface area contributed by atoms with Crippen molar-refractivity contribution in [3.8, 4) is 28.5 Å². The number of nitrogens with zero attached hydrogens (tertiary/aromatic N) is 6. The average Bonchev–Trinajstić information content (AvgIpc) is 3.42. The van der Waals surface area contributed by atoms with Gasteiger partial charge in [-0.25, -0.2) is 19.6 Å². The third kappa shape index (κ3) is 3.72. The first-order chi connectivity index (χ1) is 16.8. The molecule has 0 spiro atoms. The molecule has 1 saturated heterocycles.